The van der Waals surface area contributed by atoms with Crippen molar-refractivity contribution < 1.29 is 4.79 Å². The van der Waals surface area contributed by atoms with E-state index < -0.39 is 0 Å². The van der Waals surface area contributed by atoms with Crippen molar-refractivity contribution >= 4 is 11.5 Å². The van der Waals surface area contributed by atoms with Crippen LogP contribution in [-0.4, -0.2) is 10.8 Å². The third kappa shape index (κ3) is 2.36. The Bertz CT molecular complexity index is 600. The number of nitrogens with two attached hydrogens (primary N) is 1. The molecule has 3 heteroatoms. The molecule has 0 bridgehead atoms. The Morgan fingerprint density at radius 2 is 2.05 bits per heavy atom. The van der Waals surface area contributed by atoms with Crippen molar-refractivity contribution in [3.05, 3.63) is 59.4 Å². The normalized spacial score (nSPS) is 14.9. The molecule has 96 valence electrons. The lowest BCUT2D eigenvalue weighted by molar-refractivity contribution is 0.103. The number of carbonyl (C=O) groups excluding carboxylic acids is 1. The van der Waals surface area contributed by atoms with Crippen molar-refractivity contribution in [1.29, 1.82) is 0 Å². The zero-order chi connectivity index (χ0) is 13.2. The van der Waals surface area contributed by atoms with Crippen molar-refractivity contribution in [3.8, 4) is 0 Å². The fourth-order valence-electron chi connectivity index (χ4n) is 2.36. The van der Waals surface area contributed by atoms with E-state index in [2.05, 4.69) is 11.1 Å². The molecule has 3 rings (SSSR count). The number of benzene rings is 1. The second-order valence-corrected chi connectivity index (χ2v) is 5.06. The minimum Gasteiger partial charge on any atom is -0.397 e. The quantitative estimate of drug-likeness (QED) is 0.854. The highest BCUT2D eigenvalue weighted by Gasteiger charge is 2.20. The zero-order valence-corrected chi connectivity index (χ0v) is 10.7. The lowest BCUT2D eigenvalue weighted by atomic mass is 9.79. The van der Waals surface area contributed by atoms with Crippen molar-refractivity contribution in [2.24, 2.45) is 0 Å². The minimum atomic E-state index is -0.0406. The Morgan fingerprint density at radius 1 is 1.21 bits per heavy atom. The molecule has 1 heterocycles. The summed E-state index contributed by atoms with van der Waals surface area (Å²) in [6, 6.07) is 11.3. The molecule has 2 N–H and O–H groups in total. The van der Waals surface area contributed by atoms with E-state index in [9.17, 15) is 4.79 Å². The van der Waals surface area contributed by atoms with Crippen LogP contribution in [0.5, 0.6) is 0 Å². The van der Waals surface area contributed by atoms with E-state index in [4.69, 9.17) is 5.73 Å². The first-order valence-electron chi connectivity index (χ1n) is 6.60. The van der Waals surface area contributed by atoms with Crippen LogP contribution in [0.4, 0.5) is 5.69 Å². The van der Waals surface area contributed by atoms with Crippen LogP contribution in [-0.2, 0) is 0 Å². The van der Waals surface area contributed by atoms with E-state index in [-0.39, 0.29) is 5.78 Å². The maximum Gasteiger partial charge on any atom is 0.211 e. The summed E-state index contributed by atoms with van der Waals surface area (Å²) in [5, 5.41) is 0. The van der Waals surface area contributed by atoms with E-state index in [0.717, 1.165) is 0 Å². The van der Waals surface area contributed by atoms with Crippen LogP contribution < -0.4 is 5.73 Å². The molecule has 0 unspecified atom stereocenters. The molecule has 1 fully saturated rings. The van der Waals surface area contributed by atoms with Gasteiger partial charge in [0.25, 0.3) is 0 Å². The summed E-state index contributed by atoms with van der Waals surface area (Å²) in [4.78, 5) is 16.4. The number of carbonyl (C=O) groups is 1. The molecule has 0 aliphatic heterocycles. The molecule has 1 aliphatic carbocycles. The molecule has 19 heavy (non-hydrogen) atoms. The van der Waals surface area contributed by atoms with Gasteiger partial charge in [-0.3, -0.25) is 9.78 Å². The van der Waals surface area contributed by atoms with Crippen LogP contribution in [0.25, 0.3) is 0 Å². The predicted octanol–water partition coefficient (Wildman–Crippen LogP) is 3.16. The fraction of sp³-hybridized carbons (Fsp3) is 0.250. The lowest BCUT2D eigenvalue weighted by Gasteiger charge is -2.26. The minimum absolute atomic E-state index is 0.0406. The summed E-state index contributed by atoms with van der Waals surface area (Å²) in [5.41, 5.74) is 8.58. The first-order chi connectivity index (χ1) is 9.24. The second kappa shape index (κ2) is 4.84. The van der Waals surface area contributed by atoms with Gasteiger partial charge in [0.05, 0.1) is 11.9 Å². The van der Waals surface area contributed by atoms with Gasteiger partial charge in [0.2, 0.25) is 5.78 Å². The average molecular weight is 252 g/mol. The Morgan fingerprint density at radius 3 is 2.68 bits per heavy atom. The molecule has 0 saturated heterocycles. The molecule has 1 aromatic heterocycles. The highest BCUT2D eigenvalue weighted by Crippen LogP contribution is 2.36. The van der Waals surface area contributed by atoms with Gasteiger partial charge in [0, 0.05) is 5.56 Å². The molecule has 1 saturated carbocycles. The smallest absolute Gasteiger partial charge is 0.211 e. The number of aromatic nitrogens is 1. The van der Waals surface area contributed by atoms with Crippen LogP contribution >= 0.6 is 0 Å². The molecule has 0 spiro atoms. The second-order valence-electron chi connectivity index (χ2n) is 5.06. The van der Waals surface area contributed by atoms with Gasteiger partial charge >= 0.3 is 0 Å². The first kappa shape index (κ1) is 11.9. The topological polar surface area (TPSA) is 56.0 Å². The van der Waals surface area contributed by atoms with Crippen LogP contribution in [0.15, 0.2) is 42.6 Å². The predicted molar refractivity (Wildman–Crippen MR) is 75.1 cm³/mol. The van der Waals surface area contributed by atoms with Crippen molar-refractivity contribution in [2.45, 2.75) is 25.2 Å². The van der Waals surface area contributed by atoms with Gasteiger partial charge in [-0.2, -0.15) is 0 Å². The van der Waals surface area contributed by atoms with Crippen molar-refractivity contribution in [1.82, 2.24) is 4.98 Å². The summed E-state index contributed by atoms with van der Waals surface area (Å²) in [6.07, 6.45) is 5.28. The molecule has 3 nitrogen and oxygen atoms in total. The van der Waals surface area contributed by atoms with E-state index >= 15 is 0 Å². The van der Waals surface area contributed by atoms with Gasteiger partial charge in [0.15, 0.2) is 0 Å². The van der Waals surface area contributed by atoms with Gasteiger partial charge in [-0.1, -0.05) is 24.6 Å². The highest BCUT2D eigenvalue weighted by molar-refractivity contribution is 6.07. The molecular formula is C16H16N2O. The van der Waals surface area contributed by atoms with Gasteiger partial charge in [0.1, 0.15) is 5.69 Å². The summed E-state index contributed by atoms with van der Waals surface area (Å²) >= 11 is 0. The average Bonchev–Trinajstić information content (AvgIpc) is 2.37. The number of anilines is 1. The maximum atomic E-state index is 12.3. The number of ketones is 1. The Balaban J connectivity index is 1.88. The molecule has 0 amide bonds. The third-order valence-electron chi connectivity index (χ3n) is 3.74. The number of nitrogens with zero attached hydrogens (tertiary/aromatic N) is 1. The van der Waals surface area contributed by atoms with Gasteiger partial charge in [-0.15, -0.1) is 0 Å². The monoisotopic (exact) mass is 252 g/mol. The molecular weight excluding hydrogens is 236 g/mol. The van der Waals surface area contributed by atoms with Crippen LogP contribution in [0, 0.1) is 0 Å². The standard InChI is InChI=1S/C16H16N2O/c17-14-7-8-15(18-10-14)16(19)13-6-2-5-12(9-13)11-3-1-4-11/h2,5-11H,1,3-4,17H2. The number of rotatable bonds is 3. The third-order valence-corrected chi connectivity index (χ3v) is 3.74. The molecule has 0 atom stereocenters. The van der Waals surface area contributed by atoms with Crippen LogP contribution in [0.1, 0.15) is 46.8 Å². The molecule has 2 aromatic rings. The lowest BCUT2D eigenvalue weighted by Crippen LogP contribution is -2.10. The van der Waals surface area contributed by atoms with Gasteiger partial charge in [-0.25, -0.2) is 0 Å². The Kier molecular flexibility index (Phi) is 3.03. The molecule has 1 aliphatic rings. The van der Waals surface area contributed by atoms with Crippen molar-refractivity contribution in [2.75, 3.05) is 5.73 Å². The van der Waals surface area contributed by atoms with E-state index in [1.165, 1.54) is 31.0 Å². The van der Waals surface area contributed by atoms with Gasteiger partial charge in [-0.05, 0) is 42.5 Å². The summed E-state index contributed by atoms with van der Waals surface area (Å²) in [7, 11) is 0. The first-order valence-corrected chi connectivity index (χ1v) is 6.60. The number of hydrogen-bond acceptors (Lipinski definition) is 3. The number of pyridine rings is 1. The Labute approximate surface area is 112 Å². The van der Waals surface area contributed by atoms with E-state index in [1.807, 2.05) is 18.2 Å². The number of nitrogen functional groups attached to an aromatic ring is 1. The van der Waals surface area contributed by atoms with E-state index in [0.29, 0.717) is 22.9 Å². The summed E-state index contributed by atoms with van der Waals surface area (Å²) in [5.74, 6) is 0.591. The van der Waals surface area contributed by atoms with Crippen LogP contribution in [0.2, 0.25) is 0 Å². The van der Waals surface area contributed by atoms with Crippen molar-refractivity contribution in [3.63, 3.8) is 0 Å². The molecule has 1 aromatic carbocycles. The Hall–Kier alpha value is -2.16. The van der Waals surface area contributed by atoms with Crippen LogP contribution in [0.3, 0.4) is 0 Å². The largest absolute Gasteiger partial charge is 0.397 e. The zero-order valence-electron chi connectivity index (χ0n) is 10.7. The SMILES string of the molecule is Nc1ccc(C(=O)c2cccc(C3CCC3)c2)nc1. The maximum absolute atomic E-state index is 12.3. The van der Waals surface area contributed by atoms with Gasteiger partial charge < -0.3 is 5.73 Å². The highest BCUT2D eigenvalue weighted by atomic mass is 16.1. The summed E-state index contributed by atoms with van der Waals surface area (Å²) in [6.45, 7) is 0. The fourth-order valence-corrected chi connectivity index (χ4v) is 2.36. The molecule has 0 radical (unpaired) electrons. The number of hydrogen-bond donors (Lipinski definition) is 1. The van der Waals surface area contributed by atoms with E-state index in [1.54, 1.807) is 12.1 Å². The summed E-state index contributed by atoms with van der Waals surface area (Å²) < 4.78 is 0.